The van der Waals surface area contributed by atoms with Gasteiger partial charge in [-0.05, 0) is 13.0 Å². The first-order chi connectivity index (χ1) is 11.8. The van der Waals surface area contributed by atoms with Crippen LogP contribution in [0.1, 0.15) is 6.92 Å². The Morgan fingerprint density at radius 1 is 0.920 bits per heavy atom. The Morgan fingerprint density at radius 2 is 1.44 bits per heavy atom. The fourth-order valence-electron chi connectivity index (χ4n) is 0.680. The molecule has 0 rings (SSSR count). The highest BCUT2D eigenvalue weighted by Gasteiger charge is 1.97. The predicted octanol–water partition coefficient (Wildman–Crippen LogP) is 0.495. The molecule has 2 amide bonds. The maximum atomic E-state index is 10.6. The van der Waals surface area contributed by atoms with Gasteiger partial charge in [0.1, 0.15) is 13.5 Å². The normalized spacial score (nSPS) is 8.32. The van der Waals surface area contributed by atoms with E-state index in [-0.39, 0.29) is 32.1 Å². The summed E-state index contributed by atoms with van der Waals surface area (Å²) < 4.78 is 17.9. The van der Waals surface area contributed by atoms with Crippen molar-refractivity contribution < 1.29 is 33.3 Å². The minimum absolute atomic E-state index is 0.00907. The number of esters is 1. The second kappa shape index (κ2) is 21.5. The fourth-order valence-corrected chi connectivity index (χ4v) is 0.680. The standard InChI is InChI=1S/C6H11NO2.C5H9NO2.C5H8O3/c1-5(2)6(8)7-4-9-3;1-3-5(7)6-4-8-2;1-3-5(6)8-4-7-2/h1,4H2,2-3H3,(H,7,8);3H,1,4H2,2H3,(H,6,7);3H,1,4H2,2H3. The third-order valence-corrected chi connectivity index (χ3v) is 1.83. The molecule has 0 aliphatic rings. The lowest BCUT2D eigenvalue weighted by molar-refractivity contribution is -0.147. The lowest BCUT2D eigenvalue weighted by Crippen LogP contribution is -2.25. The Morgan fingerprint density at radius 3 is 1.80 bits per heavy atom. The van der Waals surface area contributed by atoms with Crippen molar-refractivity contribution in [1.82, 2.24) is 10.6 Å². The van der Waals surface area contributed by atoms with E-state index in [1.165, 1.54) is 27.4 Å². The molecule has 144 valence electrons. The molecule has 9 nitrogen and oxygen atoms in total. The number of methoxy groups -OCH3 is 3. The van der Waals surface area contributed by atoms with Gasteiger partial charge in [-0.25, -0.2) is 4.79 Å². The maximum Gasteiger partial charge on any atom is 0.332 e. The van der Waals surface area contributed by atoms with Crippen LogP contribution in [0.25, 0.3) is 0 Å². The predicted molar refractivity (Wildman–Crippen MR) is 93.2 cm³/mol. The minimum atomic E-state index is -0.466. The van der Waals surface area contributed by atoms with Crippen molar-refractivity contribution >= 4 is 17.8 Å². The second-order valence-electron chi connectivity index (χ2n) is 3.97. The number of hydrogen-bond acceptors (Lipinski definition) is 7. The first kappa shape index (κ1) is 27.4. The van der Waals surface area contributed by atoms with Crippen LogP contribution < -0.4 is 10.6 Å². The summed E-state index contributed by atoms with van der Waals surface area (Å²) in [6.07, 6.45) is 2.28. The highest BCUT2D eigenvalue weighted by atomic mass is 16.7. The molecule has 0 heterocycles. The summed E-state index contributed by atoms with van der Waals surface area (Å²) in [6.45, 7) is 12.0. The molecule has 0 unspecified atom stereocenters. The van der Waals surface area contributed by atoms with E-state index in [1.807, 2.05) is 0 Å². The van der Waals surface area contributed by atoms with Crippen LogP contribution in [0.2, 0.25) is 0 Å². The average Bonchev–Trinajstić information content (AvgIpc) is 2.62. The monoisotopic (exact) mass is 360 g/mol. The zero-order valence-corrected chi connectivity index (χ0v) is 15.3. The van der Waals surface area contributed by atoms with E-state index in [0.29, 0.717) is 5.57 Å². The molecule has 0 radical (unpaired) electrons. The largest absolute Gasteiger partial charge is 0.435 e. The average molecular weight is 360 g/mol. The van der Waals surface area contributed by atoms with Gasteiger partial charge in [0, 0.05) is 33.0 Å². The van der Waals surface area contributed by atoms with Crippen molar-refractivity contribution in [1.29, 1.82) is 0 Å². The highest BCUT2D eigenvalue weighted by molar-refractivity contribution is 5.91. The van der Waals surface area contributed by atoms with Gasteiger partial charge in [0.05, 0.1) is 0 Å². The Bertz CT molecular complexity index is 399. The summed E-state index contributed by atoms with van der Waals surface area (Å²) >= 11 is 0. The summed E-state index contributed by atoms with van der Waals surface area (Å²) in [7, 11) is 4.46. The molecule has 0 bridgehead atoms. The number of hydrogen-bond donors (Lipinski definition) is 2. The lowest BCUT2D eigenvalue weighted by atomic mass is 10.3. The molecular weight excluding hydrogens is 332 g/mol. The molecule has 0 aliphatic carbocycles. The van der Waals surface area contributed by atoms with Gasteiger partial charge in [-0.2, -0.15) is 0 Å². The summed E-state index contributed by atoms with van der Waals surface area (Å²) in [5, 5.41) is 4.87. The van der Waals surface area contributed by atoms with E-state index in [0.717, 1.165) is 6.08 Å². The first-order valence-electron chi connectivity index (χ1n) is 6.90. The number of ether oxygens (including phenoxy) is 4. The van der Waals surface area contributed by atoms with Gasteiger partial charge in [0.15, 0.2) is 6.79 Å². The quantitative estimate of drug-likeness (QED) is 0.350. The van der Waals surface area contributed by atoms with E-state index in [9.17, 15) is 14.4 Å². The third-order valence-electron chi connectivity index (χ3n) is 1.83. The van der Waals surface area contributed by atoms with Crippen LogP contribution >= 0.6 is 0 Å². The summed E-state index contributed by atoms with van der Waals surface area (Å²) in [6, 6.07) is 0. The Labute approximate surface area is 148 Å². The molecule has 0 aromatic carbocycles. The van der Waals surface area contributed by atoms with Gasteiger partial charge < -0.3 is 29.6 Å². The Kier molecular flexibility index (Phi) is 23.5. The number of nitrogens with one attached hydrogen (secondary N) is 2. The van der Waals surface area contributed by atoms with Crippen LogP contribution in [0.3, 0.4) is 0 Å². The molecule has 0 spiro atoms. The summed E-state index contributed by atoms with van der Waals surface area (Å²) in [5.74, 6) is -0.851. The van der Waals surface area contributed by atoms with E-state index < -0.39 is 5.97 Å². The Hall–Kier alpha value is -2.49. The SMILES string of the molecule is C=C(C)C(=O)NCOC.C=CC(=O)NCOC.C=CC(=O)OCOC. The van der Waals surface area contributed by atoms with E-state index in [1.54, 1.807) is 6.92 Å². The van der Waals surface area contributed by atoms with Gasteiger partial charge in [-0.15, -0.1) is 0 Å². The number of rotatable bonds is 9. The molecule has 9 heteroatoms. The highest BCUT2D eigenvalue weighted by Crippen LogP contribution is 1.83. The number of carbonyl (C=O) groups is 3. The van der Waals surface area contributed by atoms with Crippen LogP contribution in [0.5, 0.6) is 0 Å². The lowest BCUT2D eigenvalue weighted by Gasteiger charge is -2.00. The molecule has 2 N–H and O–H groups in total. The molecule has 0 atom stereocenters. The van der Waals surface area contributed by atoms with Crippen LogP contribution in [-0.2, 0) is 33.3 Å². The summed E-state index contributed by atoms with van der Waals surface area (Å²) in [5.41, 5.74) is 0.493. The van der Waals surface area contributed by atoms with Crippen LogP contribution in [0.15, 0.2) is 37.5 Å². The van der Waals surface area contributed by atoms with Crippen LogP contribution in [0.4, 0.5) is 0 Å². The maximum absolute atomic E-state index is 10.6. The van der Waals surface area contributed by atoms with Crippen LogP contribution in [-0.4, -0.2) is 59.4 Å². The molecule has 0 aliphatic heterocycles. The molecular formula is C16H28N2O7. The molecule has 0 saturated heterocycles. The van der Waals surface area contributed by atoms with Gasteiger partial charge in [-0.1, -0.05) is 19.7 Å². The van der Waals surface area contributed by atoms with Crippen LogP contribution in [0, 0.1) is 0 Å². The van der Waals surface area contributed by atoms with Crippen molar-refractivity contribution in [3.8, 4) is 0 Å². The van der Waals surface area contributed by atoms with Crippen molar-refractivity contribution in [2.45, 2.75) is 6.92 Å². The zero-order chi connectivity index (χ0) is 20.1. The topological polar surface area (TPSA) is 112 Å². The molecule has 0 aromatic rings. The number of amides is 2. The smallest absolute Gasteiger partial charge is 0.332 e. The van der Waals surface area contributed by atoms with Gasteiger partial charge in [0.25, 0.3) is 0 Å². The van der Waals surface area contributed by atoms with E-state index in [4.69, 9.17) is 0 Å². The summed E-state index contributed by atoms with van der Waals surface area (Å²) in [4.78, 5) is 31.0. The van der Waals surface area contributed by atoms with Crippen molar-refractivity contribution in [2.24, 2.45) is 0 Å². The Balaban J connectivity index is -0.000000291. The minimum Gasteiger partial charge on any atom is -0.435 e. The van der Waals surface area contributed by atoms with Crippen molar-refractivity contribution in [2.75, 3.05) is 41.6 Å². The molecule has 0 aromatic heterocycles. The van der Waals surface area contributed by atoms with E-state index >= 15 is 0 Å². The third kappa shape index (κ3) is 26.7. The van der Waals surface area contributed by atoms with Gasteiger partial charge >= 0.3 is 5.97 Å². The second-order valence-corrected chi connectivity index (χ2v) is 3.97. The first-order valence-corrected chi connectivity index (χ1v) is 6.90. The molecule has 0 saturated carbocycles. The van der Waals surface area contributed by atoms with Gasteiger partial charge in [-0.3, -0.25) is 9.59 Å². The molecule has 0 fully saturated rings. The zero-order valence-electron chi connectivity index (χ0n) is 15.3. The molecule has 25 heavy (non-hydrogen) atoms. The fraction of sp³-hybridized carbons (Fsp3) is 0.438. The van der Waals surface area contributed by atoms with Crippen molar-refractivity contribution in [3.05, 3.63) is 37.5 Å². The van der Waals surface area contributed by atoms with E-state index in [2.05, 4.69) is 49.3 Å². The van der Waals surface area contributed by atoms with Crippen molar-refractivity contribution in [3.63, 3.8) is 0 Å². The van der Waals surface area contributed by atoms with Gasteiger partial charge in [0.2, 0.25) is 11.8 Å². The number of carbonyl (C=O) groups excluding carboxylic acids is 3.